The molecular weight excluding hydrogens is 394 g/mol. The summed E-state index contributed by atoms with van der Waals surface area (Å²) >= 11 is 6.39. The first-order valence-electron chi connectivity index (χ1n) is 9.85. The van der Waals surface area contributed by atoms with Crippen LogP contribution >= 0.6 is 11.6 Å². The molecule has 1 N–H and O–H groups in total. The Bertz CT molecular complexity index is 837. The molecule has 156 valence electrons. The maximum Gasteiger partial charge on any atom is 0.325 e. The number of aliphatic imine (C=N–C) groups is 1. The van der Waals surface area contributed by atoms with Gasteiger partial charge in [-0.2, -0.15) is 0 Å². The summed E-state index contributed by atoms with van der Waals surface area (Å²) in [5.41, 5.74) is 0.915. The number of nitrogens with one attached hydrogen (secondary N) is 1. The van der Waals surface area contributed by atoms with Crippen LogP contribution in [0.5, 0.6) is 0 Å². The fourth-order valence-electron chi connectivity index (χ4n) is 4.33. The SMILES string of the molecule is CC1CN(CC2=NC3C(C(=O)NC(=O)N3C)N2Cc2ccccc2Cl)CC(C)O1. The van der Waals surface area contributed by atoms with Crippen molar-refractivity contribution < 1.29 is 14.3 Å². The summed E-state index contributed by atoms with van der Waals surface area (Å²) in [6, 6.07) is 6.59. The minimum absolute atomic E-state index is 0.132. The van der Waals surface area contributed by atoms with Gasteiger partial charge < -0.3 is 14.5 Å². The maximum absolute atomic E-state index is 12.7. The minimum Gasteiger partial charge on any atom is -0.373 e. The Balaban J connectivity index is 1.63. The zero-order chi connectivity index (χ0) is 20.7. The molecule has 4 atom stereocenters. The summed E-state index contributed by atoms with van der Waals surface area (Å²) in [4.78, 5) is 35.4. The van der Waals surface area contributed by atoms with Crippen molar-refractivity contribution in [1.82, 2.24) is 20.0 Å². The van der Waals surface area contributed by atoms with Gasteiger partial charge in [0.1, 0.15) is 5.84 Å². The number of likely N-dealkylation sites (N-methyl/N-ethyl adjacent to an activating group) is 1. The molecule has 3 heterocycles. The normalized spacial score (nSPS) is 30.3. The van der Waals surface area contributed by atoms with E-state index in [0.717, 1.165) is 24.5 Å². The number of morpholine rings is 1. The third kappa shape index (κ3) is 3.97. The number of carbonyl (C=O) groups is 2. The Morgan fingerprint density at radius 3 is 2.55 bits per heavy atom. The second-order valence-corrected chi connectivity index (χ2v) is 8.39. The Morgan fingerprint density at radius 2 is 1.86 bits per heavy atom. The summed E-state index contributed by atoms with van der Waals surface area (Å²) in [6.07, 6.45) is -0.273. The van der Waals surface area contributed by atoms with E-state index in [-0.39, 0.29) is 18.1 Å². The molecule has 3 amide bonds. The Hall–Kier alpha value is -2.16. The molecule has 0 aliphatic carbocycles. The smallest absolute Gasteiger partial charge is 0.325 e. The minimum atomic E-state index is -0.570. The number of rotatable bonds is 4. The number of hydrogen-bond donors (Lipinski definition) is 1. The molecule has 3 aliphatic heterocycles. The summed E-state index contributed by atoms with van der Waals surface area (Å²) in [5.74, 6) is 0.463. The fraction of sp³-hybridized carbons (Fsp3) is 0.550. The van der Waals surface area contributed by atoms with E-state index < -0.39 is 18.2 Å². The number of amides is 3. The van der Waals surface area contributed by atoms with Crippen molar-refractivity contribution in [1.29, 1.82) is 0 Å². The molecule has 3 aliphatic rings. The third-order valence-corrected chi connectivity index (χ3v) is 5.97. The van der Waals surface area contributed by atoms with E-state index in [1.165, 1.54) is 4.90 Å². The van der Waals surface area contributed by atoms with E-state index in [9.17, 15) is 9.59 Å². The zero-order valence-corrected chi connectivity index (χ0v) is 17.6. The van der Waals surface area contributed by atoms with Crippen molar-refractivity contribution in [2.24, 2.45) is 4.99 Å². The molecule has 4 rings (SSSR count). The first-order chi connectivity index (χ1) is 13.8. The lowest BCUT2D eigenvalue weighted by Gasteiger charge is -2.38. The van der Waals surface area contributed by atoms with Crippen LogP contribution < -0.4 is 5.32 Å². The van der Waals surface area contributed by atoms with E-state index in [0.29, 0.717) is 18.1 Å². The number of fused-ring (bicyclic) bond motifs is 1. The first-order valence-corrected chi connectivity index (χ1v) is 10.2. The van der Waals surface area contributed by atoms with Gasteiger partial charge in [-0.1, -0.05) is 29.8 Å². The number of hydrogen-bond acceptors (Lipinski definition) is 6. The van der Waals surface area contributed by atoms with Crippen LogP contribution in [0.15, 0.2) is 29.3 Å². The summed E-state index contributed by atoms with van der Waals surface area (Å²) < 4.78 is 5.83. The first kappa shape index (κ1) is 20.1. The Kier molecular flexibility index (Phi) is 5.50. The van der Waals surface area contributed by atoms with Crippen molar-refractivity contribution in [2.45, 2.75) is 44.8 Å². The summed E-state index contributed by atoms with van der Waals surface area (Å²) in [6.45, 7) is 6.73. The molecule has 0 saturated carbocycles. The van der Waals surface area contributed by atoms with E-state index >= 15 is 0 Å². The van der Waals surface area contributed by atoms with Gasteiger partial charge in [0.25, 0.3) is 5.91 Å². The number of nitrogens with zero attached hydrogens (tertiary/aromatic N) is 4. The Labute approximate surface area is 175 Å². The van der Waals surface area contributed by atoms with Crippen LogP contribution in [-0.2, 0) is 16.1 Å². The van der Waals surface area contributed by atoms with Crippen LogP contribution in [-0.4, -0.2) is 83.6 Å². The van der Waals surface area contributed by atoms with Gasteiger partial charge >= 0.3 is 6.03 Å². The van der Waals surface area contributed by atoms with E-state index in [1.807, 2.05) is 29.2 Å². The van der Waals surface area contributed by atoms with Crippen LogP contribution in [0, 0.1) is 0 Å². The highest BCUT2D eigenvalue weighted by Gasteiger charge is 2.48. The molecule has 2 saturated heterocycles. The van der Waals surface area contributed by atoms with Crippen LogP contribution in [0.1, 0.15) is 19.4 Å². The largest absolute Gasteiger partial charge is 0.373 e. The molecule has 0 bridgehead atoms. The molecular formula is C20H26ClN5O3. The Morgan fingerprint density at radius 1 is 1.17 bits per heavy atom. The van der Waals surface area contributed by atoms with Crippen LogP contribution in [0.4, 0.5) is 4.79 Å². The van der Waals surface area contributed by atoms with E-state index in [2.05, 4.69) is 24.1 Å². The number of urea groups is 1. The lowest BCUT2D eigenvalue weighted by atomic mass is 10.1. The highest BCUT2D eigenvalue weighted by Crippen LogP contribution is 2.28. The number of carbonyl (C=O) groups excluding carboxylic acids is 2. The zero-order valence-electron chi connectivity index (χ0n) is 16.8. The molecule has 0 radical (unpaired) electrons. The predicted octanol–water partition coefficient (Wildman–Crippen LogP) is 1.54. The molecule has 2 fully saturated rings. The van der Waals surface area contributed by atoms with Crippen molar-refractivity contribution in [3.05, 3.63) is 34.9 Å². The third-order valence-electron chi connectivity index (χ3n) is 5.61. The standard InChI is InChI=1S/C20H26ClN5O3/c1-12-8-25(9-13(2)29-12)11-16-22-18-17(19(27)23-20(28)24(18)3)26(16)10-14-6-4-5-7-15(14)21/h4-7,12-13,17-18H,8-11H2,1-3H3,(H,23,27,28). The van der Waals surface area contributed by atoms with E-state index in [4.69, 9.17) is 21.3 Å². The lowest BCUT2D eigenvalue weighted by Crippen LogP contribution is -2.63. The van der Waals surface area contributed by atoms with Gasteiger partial charge in [0.05, 0.1) is 18.8 Å². The molecule has 9 heteroatoms. The molecule has 8 nitrogen and oxygen atoms in total. The molecule has 0 aromatic heterocycles. The highest BCUT2D eigenvalue weighted by molar-refractivity contribution is 6.31. The van der Waals surface area contributed by atoms with Crippen LogP contribution in [0.3, 0.4) is 0 Å². The van der Waals surface area contributed by atoms with Crippen LogP contribution in [0.25, 0.3) is 0 Å². The lowest BCUT2D eigenvalue weighted by molar-refractivity contribution is -0.127. The van der Waals surface area contributed by atoms with Gasteiger partial charge in [0, 0.05) is 31.7 Å². The number of imide groups is 1. The van der Waals surface area contributed by atoms with E-state index in [1.54, 1.807) is 7.05 Å². The van der Waals surface area contributed by atoms with Crippen molar-refractivity contribution >= 4 is 29.4 Å². The predicted molar refractivity (Wildman–Crippen MR) is 110 cm³/mol. The quantitative estimate of drug-likeness (QED) is 0.801. The molecule has 29 heavy (non-hydrogen) atoms. The fourth-order valence-corrected chi connectivity index (χ4v) is 4.52. The molecule has 0 spiro atoms. The van der Waals surface area contributed by atoms with Gasteiger partial charge in [0.15, 0.2) is 12.2 Å². The summed E-state index contributed by atoms with van der Waals surface area (Å²) in [7, 11) is 1.67. The number of halogens is 1. The van der Waals surface area contributed by atoms with Crippen molar-refractivity contribution in [3.8, 4) is 0 Å². The average Bonchev–Trinajstić information content (AvgIpc) is 2.99. The second-order valence-electron chi connectivity index (χ2n) is 7.98. The number of benzene rings is 1. The summed E-state index contributed by atoms with van der Waals surface area (Å²) in [5, 5.41) is 3.08. The number of ether oxygens (including phenoxy) is 1. The van der Waals surface area contributed by atoms with Gasteiger partial charge in [0.2, 0.25) is 0 Å². The van der Waals surface area contributed by atoms with Gasteiger partial charge in [-0.15, -0.1) is 0 Å². The molecule has 1 aromatic rings. The van der Waals surface area contributed by atoms with Gasteiger partial charge in [-0.05, 0) is 25.5 Å². The topological polar surface area (TPSA) is 77.5 Å². The van der Waals surface area contributed by atoms with Gasteiger partial charge in [-0.25, -0.2) is 9.79 Å². The number of amidine groups is 1. The maximum atomic E-state index is 12.7. The monoisotopic (exact) mass is 419 g/mol. The average molecular weight is 420 g/mol. The molecule has 4 unspecified atom stereocenters. The molecule has 1 aromatic carbocycles. The van der Waals surface area contributed by atoms with Crippen molar-refractivity contribution in [3.63, 3.8) is 0 Å². The van der Waals surface area contributed by atoms with Crippen LogP contribution in [0.2, 0.25) is 5.02 Å². The second kappa shape index (κ2) is 7.93. The highest BCUT2D eigenvalue weighted by atomic mass is 35.5. The van der Waals surface area contributed by atoms with Crippen molar-refractivity contribution in [2.75, 3.05) is 26.7 Å². The van der Waals surface area contributed by atoms with Gasteiger partial charge in [-0.3, -0.25) is 15.0 Å².